The second-order valence-corrected chi connectivity index (χ2v) is 7.56. The number of benzene rings is 4. The van der Waals surface area contributed by atoms with Crippen molar-refractivity contribution in [3.8, 4) is 0 Å². The first-order valence-corrected chi connectivity index (χ1v) is 10.4. The van der Waals surface area contributed by atoms with Crippen molar-refractivity contribution in [2.75, 3.05) is 5.32 Å². The largest absolute Gasteiger partial charge is 0.326 e. The van der Waals surface area contributed by atoms with E-state index in [1.807, 2.05) is 6.07 Å². The molecule has 0 saturated heterocycles. The van der Waals surface area contributed by atoms with Gasteiger partial charge in [-0.05, 0) is 50.9 Å². The van der Waals surface area contributed by atoms with Gasteiger partial charge in [-0.15, -0.1) is 0 Å². The smallest absolute Gasteiger partial charge is 0.224 e. The van der Waals surface area contributed by atoms with Crippen LogP contribution in [0.1, 0.15) is 45.4 Å². The van der Waals surface area contributed by atoms with Crippen LogP contribution in [-0.2, 0) is 4.79 Å². The van der Waals surface area contributed by atoms with E-state index in [-0.39, 0.29) is 5.91 Å². The highest BCUT2D eigenvalue weighted by molar-refractivity contribution is 6.25. The number of fused-ring (bicyclic) bond motifs is 6. The average molecular weight is 370 g/mol. The van der Waals surface area contributed by atoms with Crippen LogP contribution in [0.5, 0.6) is 0 Å². The highest BCUT2D eigenvalue weighted by Gasteiger charge is 2.09. The SMILES string of the molecule is CCCCCCCC(=O)Nc1ccc2c3ccccc3c3ccccc3c2c1. The molecule has 4 aromatic carbocycles. The Hall–Kier alpha value is -2.87. The minimum Gasteiger partial charge on any atom is -0.326 e. The third kappa shape index (κ3) is 3.73. The monoisotopic (exact) mass is 369 g/mol. The van der Waals surface area contributed by atoms with Gasteiger partial charge in [-0.3, -0.25) is 4.79 Å². The normalized spacial score (nSPS) is 11.3. The predicted molar refractivity (Wildman–Crippen MR) is 121 cm³/mol. The highest BCUT2D eigenvalue weighted by Crippen LogP contribution is 2.36. The van der Waals surface area contributed by atoms with Gasteiger partial charge in [-0.1, -0.05) is 87.2 Å². The second-order valence-electron chi connectivity index (χ2n) is 7.56. The zero-order valence-corrected chi connectivity index (χ0v) is 16.5. The number of nitrogens with one attached hydrogen (secondary N) is 1. The van der Waals surface area contributed by atoms with Gasteiger partial charge in [0.05, 0.1) is 0 Å². The van der Waals surface area contributed by atoms with Gasteiger partial charge in [-0.2, -0.15) is 0 Å². The third-order valence-corrected chi connectivity index (χ3v) is 5.54. The van der Waals surface area contributed by atoms with Gasteiger partial charge in [0.15, 0.2) is 0 Å². The Morgan fingerprint density at radius 1 is 0.679 bits per heavy atom. The van der Waals surface area contributed by atoms with Crippen LogP contribution in [-0.4, -0.2) is 5.91 Å². The van der Waals surface area contributed by atoms with Crippen LogP contribution >= 0.6 is 0 Å². The molecule has 0 aliphatic carbocycles. The number of rotatable bonds is 7. The molecule has 2 nitrogen and oxygen atoms in total. The molecule has 2 heteroatoms. The highest BCUT2D eigenvalue weighted by atomic mass is 16.1. The van der Waals surface area contributed by atoms with Crippen molar-refractivity contribution in [1.82, 2.24) is 0 Å². The molecule has 28 heavy (non-hydrogen) atoms. The minimum atomic E-state index is 0.112. The molecular weight excluding hydrogens is 342 g/mol. The number of anilines is 1. The molecular formula is C26H27NO. The summed E-state index contributed by atoms with van der Waals surface area (Å²) < 4.78 is 0. The van der Waals surface area contributed by atoms with E-state index in [0.717, 1.165) is 18.5 Å². The minimum absolute atomic E-state index is 0.112. The predicted octanol–water partition coefficient (Wildman–Crippen LogP) is 7.45. The van der Waals surface area contributed by atoms with Gasteiger partial charge in [0, 0.05) is 12.1 Å². The number of amides is 1. The van der Waals surface area contributed by atoms with E-state index < -0.39 is 0 Å². The van der Waals surface area contributed by atoms with Crippen molar-refractivity contribution in [2.24, 2.45) is 0 Å². The Kier molecular flexibility index (Phi) is 5.57. The second kappa shape index (κ2) is 8.43. The molecule has 1 N–H and O–H groups in total. The van der Waals surface area contributed by atoms with Gasteiger partial charge in [0.2, 0.25) is 5.91 Å². The molecule has 1 amide bonds. The molecule has 0 atom stereocenters. The van der Waals surface area contributed by atoms with Gasteiger partial charge in [-0.25, -0.2) is 0 Å². The van der Waals surface area contributed by atoms with Gasteiger partial charge in [0.25, 0.3) is 0 Å². The quantitative estimate of drug-likeness (QED) is 0.266. The van der Waals surface area contributed by atoms with Crippen LogP contribution in [0.4, 0.5) is 5.69 Å². The Labute approximate surface area is 166 Å². The van der Waals surface area contributed by atoms with Gasteiger partial charge >= 0.3 is 0 Å². The molecule has 0 radical (unpaired) electrons. The molecule has 0 aliphatic heterocycles. The topological polar surface area (TPSA) is 29.1 Å². The zero-order valence-electron chi connectivity index (χ0n) is 16.5. The van der Waals surface area contributed by atoms with E-state index in [9.17, 15) is 4.79 Å². The van der Waals surface area contributed by atoms with Crippen LogP contribution in [0.25, 0.3) is 32.3 Å². The summed E-state index contributed by atoms with van der Waals surface area (Å²) in [5.41, 5.74) is 0.881. The zero-order chi connectivity index (χ0) is 19.3. The lowest BCUT2D eigenvalue weighted by atomic mass is 9.94. The van der Waals surface area contributed by atoms with E-state index in [1.165, 1.54) is 51.6 Å². The van der Waals surface area contributed by atoms with E-state index in [0.29, 0.717) is 6.42 Å². The third-order valence-electron chi connectivity index (χ3n) is 5.54. The van der Waals surface area contributed by atoms with Crippen LogP contribution in [0.3, 0.4) is 0 Å². The molecule has 0 heterocycles. The van der Waals surface area contributed by atoms with Crippen LogP contribution < -0.4 is 5.32 Å². The molecule has 0 saturated carbocycles. The Morgan fingerprint density at radius 3 is 1.82 bits per heavy atom. The van der Waals surface area contributed by atoms with E-state index in [2.05, 4.69) is 72.9 Å². The molecule has 0 fully saturated rings. The van der Waals surface area contributed by atoms with E-state index in [1.54, 1.807) is 0 Å². The number of carbonyl (C=O) groups is 1. The summed E-state index contributed by atoms with van der Waals surface area (Å²) in [6, 6.07) is 23.4. The number of hydrogen-bond donors (Lipinski definition) is 1. The molecule has 0 aliphatic rings. The van der Waals surface area contributed by atoms with E-state index >= 15 is 0 Å². The maximum Gasteiger partial charge on any atom is 0.224 e. The molecule has 4 aromatic rings. The van der Waals surface area contributed by atoms with Crippen molar-refractivity contribution in [3.63, 3.8) is 0 Å². The number of unbranched alkanes of at least 4 members (excludes halogenated alkanes) is 4. The van der Waals surface area contributed by atoms with Crippen molar-refractivity contribution in [2.45, 2.75) is 45.4 Å². The van der Waals surface area contributed by atoms with Crippen LogP contribution in [0, 0.1) is 0 Å². The number of hydrogen-bond acceptors (Lipinski definition) is 1. The summed E-state index contributed by atoms with van der Waals surface area (Å²) in [5.74, 6) is 0.112. The fourth-order valence-electron chi connectivity index (χ4n) is 4.10. The summed E-state index contributed by atoms with van der Waals surface area (Å²) in [6.45, 7) is 2.21. The van der Waals surface area contributed by atoms with Crippen LogP contribution in [0.2, 0.25) is 0 Å². The van der Waals surface area contributed by atoms with Gasteiger partial charge < -0.3 is 5.32 Å². The molecule has 0 aromatic heterocycles. The Balaban J connectivity index is 1.65. The summed E-state index contributed by atoms with van der Waals surface area (Å²) in [7, 11) is 0. The fourth-order valence-corrected chi connectivity index (χ4v) is 4.10. The van der Waals surface area contributed by atoms with E-state index in [4.69, 9.17) is 0 Å². The van der Waals surface area contributed by atoms with Crippen molar-refractivity contribution in [1.29, 1.82) is 0 Å². The summed E-state index contributed by atoms with van der Waals surface area (Å²) in [4.78, 5) is 12.3. The Morgan fingerprint density at radius 2 is 1.21 bits per heavy atom. The first-order chi connectivity index (χ1) is 13.8. The summed E-state index contributed by atoms with van der Waals surface area (Å²) in [5, 5.41) is 10.5. The van der Waals surface area contributed by atoms with Crippen molar-refractivity contribution < 1.29 is 4.79 Å². The fraction of sp³-hybridized carbons (Fsp3) is 0.269. The lowest BCUT2D eigenvalue weighted by Crippen LogP contribution is -2.10. The van der Waals surface area contributed by atoms with Gasteiger partial charge in [0.1, 0.15) is 0 Å². The lowest BCUT2D eigenvalue weighted by Gasteiger charge is -2.12. The summed E-state index contributed by atoms with van der Waals surface area (Å²) in [6.07, 6.45) is 6.40. The maximum absolute atomic E-state index is 12.3. The molecule has 0 bridgehead atoms. The molecule has 142 valence electrons. The molecule has 4 rings (SSSR count). The van der Waals surface area contributed by atoms with Crippen molar-refractivity contribution in [3.05, 3.63) is 66.7 Å². The first kappa shape index (κ1) is 18.5. The first-order valence-electron chi connectivity index (χ1n) is 10.4. The Bertz CT molecular complexity index is 1090. The number of carbonyl (C=O) groups excluding carboxylic acids is 1. The standard InChI is InChI=1S/C26H27NO/c1-2-3-4-5-6-15-26(28)27-19-16-17-24-22-13-8-7-11-20(22)21-12-9-10-14-23(21)25(24)18-19/h7-14,16-18H,2-6,15H2,1H3,(H,27,28). The average Bonchev–Trinajstić information content (AvgIpc) is 2.74. The van der Waals surface area contributed by atoms with Crippen LogP contribution in [0.15, 0.2) is 66.7 Å². The maximum atomic E-state index is 12.3. The molecule has 0 spiro atoms. The lowest BCUT2D eigenvalue weighted by molar-refractivity contribution is -0.116. The molecule has 0 unspecified atom stereocenters. The van der Waals surface area contributed by atoms with Crippen molar-refractivity contribution >= 4 is 43.9 Å². The summed E-state index contributed by atoms with van der Waals surface area (Å²) >= 11 is 0.